The number of thiocarbonyl (C=S) groups is 1. The third-order valence-corrected chi connectivity index (χ3v) is 4.78. The van der Waals surface area contributed by atoms with Gasteiger partial charge in [0.15, 0.2) is 16.6 Å². The van der Waals surface area contributed by atoms with Gasteiger partial charge in [-0.2, -0.15) is 0 Å². The van der Waals surface area contributed by atoms with Crippen LogP contribution in [0.1, 0.15) is 29.2 Å². The zero-order valence-corrected chi connectivity index (χ0v) is 18.3. The van der Waals surface area contributed by atoms with Crippen LogP contribution in [0, 0.1) is 6.92 Å². The molecule has 31 heavy (non-hydrogen) atoms. The summed E-state index contributed by atoms with van der Waals surface area (Å²) in [4.78, 5) is 24.4. The van der Waals surface area contributed by atoms with Crippen LogP contribution in [0.25, 0.3) is 6.08 Å². The number of amides is 2. The Morgan fingerprint density at radius 3 is 2.35 bits per heavy atom. The maximum atomic E-state index is 12.2. The van der Waals surface area contributed by atoms with Crippen LogP contribution < -0.4 is 20.1 Å². The van der Waals surface area contributed by atoms with Crippen molar-refractivity contribution >= 4 is 35.2 Å². The number of benzene rings is 2. The Kier molecular flexibility index (Phi) is 7.20. The second-order valence-corrected chi connectivity index (χ2v) is 7.41. The number of nitrogens with one attached hydrogen (secondary N) is 2. The minimum Gasteiger partial charge on any atom is -0.490 e. The van der Waals surface area contributed by atoms with E-state index in [9.17, 15) is 9.59 Å². The first-order valence-corrected chi connectivity index (χ1v) is 10.3. The molecule has 2 amide bonds. The average Bonchev–Trinajstić information content (AvgIpc) is 2.72. The monoisotopic (exact) mass is 436 g/mol. The van der Waals surface area contributed by atoms with E-state index >= 15 is 0 Å². The largest absolute Gasteiger partial charge is 0.490 e. The van der Waals surface area contributed by atoms with Gasteiger partial charge in [-0.15, -0.1) is 6.58 Å². The molecular weight excluding hydrogens is 412 g/mol. The molecular formula is C24H24N2O4S. The van der Waals surface area contributed by atoms with Gasteiger partial charge in [-0.05, 0) is 61.8 Å². The highest BCUT2D eigenvalue weighted by molar-refractivity contribution is 7.80. The maximum absolute atomic E-state index is 12.2. The van der Waals surface area contributed by atoms with Gasteiger partial charge in [0.2, 0.25) is 0 Å². The predicted octanol–water partition coefficient (Wildman–Crippen LogP) is 3.62. The molecule has 2 aromatic rings. The first-order chi connectivity index (χ1) is 14.9. The molecule has 3 rings (SSSR count). The van der Waals surface area contributed by atoms with Crippen LogP contribution in [-0.4, -0.2) is 23.5 Å². The smallest absolute Gasteiger partial charge is 0.263 e. The van der Waals surface area contributed by atoms with Gasteiger partial charge in [-0.3, -0.25) is 20.2 Å². The minimum absolute atomic E-state index is 0.00523. The summed E-state index contributed by atoms with van der Waals surface area (Å²) in [6.45, 7) is 8.56. The zero-order valence-electron chi connectivity index (χ0n) is 17.5. The summed E-state index contributed by atoms with van der Waals surface area (Å²) < 4.78 is 12.0. The summed E-state index contributed by atoms with van der Waals surface area (Å²) in [6.07, 6.45) is 3.80. The van der Waals surface area contributed by atoms with Gasteiger partial charge in [-0.1, -0.05) is 35.9 Å². The predicted molar refractivity (Wildman–Crippen MR) is 124 cm³/mol. The number of hydrogen-bond donors (Lipinski definition) is 2. The Labute approximate surface area is 186 Å². The van der Waals surface area contributed by atoms with Gasteiger partial charge in [0.25, 0.3) is 11.8 Å². The molecule has 0 spiro atoms. The number of carbonyl (C=O) groups excluding carboxylic acids is 2. The van der Waals surface area contributed by atoms with Crippen LogP contribution in [0.3, 0.4) is 0 Å². The molecule has 0 aliphatic carbocycles. The first kappa shape index (κ1) is 22.2. The fourth-order valence-electron chi connectivity index (χ4n) is 3.11. The minimum atomic E-state index is -0.545. The van der Waals surface area contributed by atoms with Gasteiger partial charge >= 0.3 is 0 Å². The van der Waals surface area contributed by atoms with Crippen LogP contribution in [0.5, 0.6) is 11.5 Å². The third-order valence-electron chi connectivity index (χ3n) is 4.58. The highest BCUT2D eigenvalue weighted by Crippen LogP contribution is 2.35. The molecule has 1 heterocycles. The van der Waals surface area contributed by atoms with Crippen LogP contribution in [0.2, 0.25) is 0 Å². The summed E-state index contributed by atoms with van der Waals surface area (Å²) >= 11 is 4.84. The van der Waals surface area contributed by atoms with Crippen molar-refractivity contribution < 1.29 is 19.1 Å². The first-order valence-electron chi connectivity index (χ1n) is 9.88. The van der Waals surface area contributed by atoms with Crippen molar-refractivity contribution in [1.29, 1.82) is 0 Å². The lowest BCUT2D eigenvalue weighted by molar-refractivity contribution is -0.123. The molecule has 0 radical (unpaired) electrons. The van der Waals surface area contributed by atoms with Crippen LogP contribution >= 0.6 is 12.2 Å². The molecule has 2 N–H and O–H groups in total. The van der Waals surface area contributed by atoms with Crippen LogP contribution in [-0.2, 0) is 22.6 Å². The van der Waals surface area contributed by atoms with Crippen molar-refractivity contribution in [3.63, 3.8) is 0 Å². The number of ether oxygens (including phenoxy) is 2. The molecule has 1 aliphatic heterocycles. The standard InChI is InChI=1S/C24H24N2O4S/c1-4-6-18-11-17(12-19-22(27)25-24(31)26-23(19)28)13-20(29-5-2)21(18)30-14-16-9-7-15(3)8-10-16/h4,7-13H,1,5-6,14H2,2-3H3,(H2,25,26,27,28,31). The Morgan fingerprint density at radius 1 is 1.06 bits per heavy atom. The van der Waals surface area contributed by atoms with E-state index in [0.29, 0.717) is 36.7 Å². The molecule has 0 atom stereocenters. The van der Waals surface area contributed by atoms with Gasteiger partial charge in [0, 0.05) is 5.56 Å². The van der Waals surface area contributed by atoms with Crippen molar-refractivity contribution in [1.82, 2.24) is 10.6 Å². The fraction of sp³-hybridized carbons (Fsp3) is 0.208. The van der Waals surface area contributed by atoms with E-state index in [-0.39, 0.29) is 10.7 Å². The van der Waals surface area contributed by atoms with Crippen LogP contribution in [0.15, 0.2) is 54.6 Å². The zero-order chi connectivity index (χ0) is 22.4. The molecule has 160 valence electrons. The lowest BCUT2D eigenvalue weighted by Crippen LogP contribution is -2.51. The summed E-state index contributed by atoms with van der Waals surface area (Å²) in [5, 5.41) is 4.86. The number of allylic oxidation sites excluding steroid dienone is 1. The van der Waals surface area contributed by atoms with Crippen molar-refractivity contribution in [3.05, 3.63) is 76.9 Å². The molecule has 0 unspecified atom stereocenters. The second kappa shape index (κ2) is 10.0. The normalized spacial score (nSPS) is 13.4. The fourth-order valence-corrected chi connectivity index (χ4v) is 3.30. The lowest BCUT2D eigenvalue weighted by atomic mass is 10.0. The van der Waals surface area contributed by atoms with E-state index in [1.54, 1.807) is 12.1 Å². The molecule has 0 aromatic heterocycles. The molecule has 2 aromatic carbocycles. The summed E-state index contributed by atoms with van der Waals surface area (Å²) in [7, 11) is 0. The average molecular weight is 437 g/mol. The lowest BCUT2D eigenvalue weighted by Gasteiger charge is -2.18. The van der Waals surface area contributed by atoms with E-state index in [1.165, 1.54) is 11.6 Å². The van der Waals surface area contributed by atoms with Gasteiger partial charge in [0.05, 0.1) is 6.61 Å². The van der Waals surface area contributed by atoms with E-state index in [4.69, 9.17) is 21.7 Å². The number of carbonyl (C=O) groups is 2. The Morgan fingerprint density at radius 2 is 1.74 bits per heavy atom. The van der Waals surface area contributed by atoms with Crippen molar-refractivity contribution in [2.75, 3.05) is 6.61 Å². The van der Waals surface area contributed by atoms with Crippen molar-refractivity contribution in [2.24, 2.45) is 0 Å². The van der Waals surface area contributed by atoms with E-state index < -0.39 is 11.8 Å². The Bertz CT molecular complexity index is 1040. The Balaban J connectivity index is 1.97. The van der Waals surface area contributed by atoms with Crippen molar-refractivity contribution in [2.45, 2.75) is 26.9 Å². The maximum Gasteiger partial charge on any atom is 0.263 e. The molecule has 1 aliphatic rings. The second-order valence-electron chi connectivity index (χ2n) is 7.00. The highest BCUT2D eigenvalue weighted by atomic mass is 32.1. The van der Waals surface area contributed by atoms with Gasteiger partial charge in [0.1, 0.15) is 12.2 Å². The third kappa shape index (κ3) is 5.58. The van der Waals surface area contributed by atoms with E-state index in [0.717, 1.165) is 11.1 Å². The number of rotatable bonds is 8. The molecule has 7 heteroatoms. The molecule has 1 saturated heterocycles. The number of hydrogen-bond acceptors (Lipinski definition) is 5. The SMILES string of the molecule is C=CCc1cc(C=C2C(=O)NC(=S)NC2=O)cc(OCC)c1OCc1ccc(C)cc1. The summed E-state index contributed by atoms with van der Waals surface area (Å²) in [6, 6.07) is 11.7. The van der Waals surface area contributed by atoms with E-state index in [1.807, 2.05) is 44.2 Å². The highest BCUT2D eigenvalue weighted by Gasteiger charge is 2.26. The van der Waals surface area contributed by atoms with Crippen LogP contribution in [0.4, 0.5) is 0 Å². The van der Waals surface area contributed by atoms with Gasteiger partial charge < -0.3 is 9.47 Å². The van der Waals surface area contributed by atoms with E-state index in [2.05, 4.69) is 17.2 Å². The molecule has 0 bridgehead atoms. The molecule has 0 saturated carbocycles. The number of aryl methyl sites for hydroxylation is 1. The molecule has 1 fully saturated rings. The topological polar surface area (TPSA) is 76.7 Å². The Hall–Kier alpha value is -3.45. The summed E-state index contributed by atoms with van der Waals surface area (Å²) in [5.74, 6) is 0.0597. The van der Waals surface area contributed by atoms with Crippen molar-refractivity contribution in [3.8, 4) is 11.5 Å². The molecule has 6 nitrogen and oxygen atoms in total. The quantitative estimate of drug-likeness (QED) is 0.286. The van der Waals surface area contributed by atoms with Gasteiger partial charge in [-0.25, -0.2) is 0 Å². The summed E-state index contributed by atoms with van der Waals surface area (Å²) in [5.41, 5.74) is 3.66.